The molecule has 0 spiro atoms. The standard InChI is InChI=1S/C18H15N5O/c24-16(9-8-15-21-14-7-3-11-20-18(14)23-15)22-13-6-1-4-12-5-2-10-19-17(12)13/h1-7,10-11H,8-9H2,(H,22,24)(H,20,21,23). The molecule has 6 heteroatoms. The van der Waals surface area contributed by atoms with Crippen molar-refractivity contribution in [3.05, 3.63) is 60.7 Å². The van der Waals surface area contributed by atoms with E-state index in [-0.39, 0.29) is 5.91 Å². The van der Waals surface area contributed by atoms with Gasteiger partial charge in [0.1, 0.15) is 5.82 Å². The number of carbonyl (C=O) groups is 1. The van der Waals surface area contributed by atoms with E-state index in [1.54, 1.807) is 12.4 Å². The molecule has 0 fully saturated rings. The van der Waals surface area contributed by atoms with Crippen molar-refractivity contribution in [2.45, 2.75) is 12.8 Å². The Balaban J connectivity index is 1.46. The van der Waals surface area contributed by atoms with Crippen molar-refractivity contribution < 1.29 is 4.79 Å². The molecule has 1 amide bonds. The smallest absolute Gasteiger partial charge is 0.224 e. The first-order valence-corrected chi connectivity index (χ1v) is 7.73. The van der Waals surface area contributed by atoms with E-state index in [4.69, 9.17) is 0 Å². The molecule has 0 aliphatic rings. The molecule has 6 nitrogen and oxygen atoms in total. The van der Waals surface area contributed by atoms with Crippen LogP contribution in [0, 0.1) is 0 Å². The normalized spacial score (nSPS) is 11.0. The van der Waals surface area contributed by atoms with Gasteiger partial charge in [0.2, 0.25) is 5.91 Å². The lowest BCUT2D eigenvalue weighted by molar-refractivity contribution is -0.116. The van der Waals surface area contributed by atoms with Crippen LogP contribution in [0.4, 0.5) is 5.69 Å². The van der Waals surface area contributed by atoms with Gasteiger partial charge in [-0.1, -0.05) is 18.2 Å². The van der Waals surface area contributed by atoms with Crippen LogP contribution in [0.3, 0.4) is 0 Å². The summed E-state index contributed by atoms with van der Waals surface area (Å²) in [6.07, 6.45) is 4.29. The number of amides is 1. The number of nitrogens with zero attached hydrogens (tertiary/aromatic N) is 3. The number of aromatic nitrogens is 4. The van der Waals surface area contributed by atoms with Crippen LogP contribution in [0.5, 0.6) is 0 Å². The molecule has 1 aromatic carbocycles. The topological polar surface area (TPSA) is 83.6 Å². The molecule has 118 valence electrons. The van der Waals surface area contributed by atoms with Gasteiger partial charge in [0.05, 0.1) is 16.7 Å². The quantitative estimate of drug-likeness (QED) is 0.606. The Kier molecular flexibility index (Phi) is 3.63. The lowest BCUT2D eigenvalue weighted by Crippen LogP contribution is -2.13. The Hall–Kier alpha value is -3.28. The van der Waals surface area contributed by atoms with Gasteiger partial charge in [-0.25, -0.2) is 9.97 Å². The highest BCUT2D eigenvalue weighted by molar-refractivity contribution is 6.00. The Bertz CT molecular complexity index is 986. The largest absolute Gasteiger partial charge is 0.341 e. The molecule has 3 aromatic heterocycles. The van der Waals surface area contributed by atoms with Crippen molar-refractivity contribution in [1.82, 2.24) is 19.9 Å². The van der Waals surface area contributed by atoms with E-state index >= 15 is 0 Å². The highest BCUT2D eigenvalue weighted by Gasteiger charge is 2.09. The Morgan fingerprint density at radius 2 is 1.88 bits per heavy atom. The summed E-state index contributed by atoms with van der Waals surface area (Å²) in [5.41, 5.74) is 3.07. The monoisotopic (exact) mass is 317 g/mol. The number of imidazole rings is 1. The maximum absolute atomic E-state index is 12.2. The first kappa shape index (κ1) is 14.3. The number of H-pyrrole nitrogens is 1. The first-order chi connectivity index (χ1) is 11.8. The minimum atomic E-state index is -0.0680. The van der Waals surface area contributed by atoms with E-state index in [2.05, 4.69) is 25.3 Å². The average Bonchev–Trinajstić information content (AvgIpc) is 3.03. The molecule has 3 heterocycles. The molecule has 0 bridgehead atoms. The summed E-state index contributed by atoms with van der Waals surface area (Å²) >= 11 is 0. The molecule has 4 aromatic rings. The fourth-order valence-electron chi connectivity index (χ4n) is 2.66. The Morgan fingerprint density at radius 3 is 2.79 bits per heavy atom. The number of rotatable bonds is 4. The second kappa shape index (κ2) is 6.08. The molecular weight excluding hydrogens is 302 g/mol. The fourth-order valence-corrected chi connectivity index (χ4v) is 2.66. The van der Waals surface area contributed by atoms with Crippen LogP contribution in [0.2, 0.25) is 0 Å². The van der Waals surface area contributed by atoms with E-state index in [1.807, 2.05) is 42.5 Å². The van der Waals surface area contributed by atoms with Gasteiger partial charge in [-0.3, -0.25) is 9.78 Å². The van der Waals surface area contributed by atoms with Crippen molar-refractivity contribution in [3.8, 4) is 0 Å². The predicted octanol–water partition coefficient (Wildman–Crippen LogP) is 3.08. The summed E-state index contributed by atoms with van der Waals surface area (Å²) in [5, 5.41) is 3.93. The maximum Gasteiger partial charge on any atom is 0.224 e. The third-order valence-corrected chi connectivity index (χ3v) is 3.80. The lowest BCUT2D eigenvalue weighted by Gasteiger charge is -2.07. The molecule has 0 saturated carbocycles. The molecule has 0 saturated heterocycles. The third-order valence-electron chi connectivity index (χ3n) is 3.80. The van der Waals surface area contributed by atoms with Gasteiger partial charge in [0, 0.05) is 30.6 Å². The highest BCUT2D eigenvalue weighted by Crippen LogP contribution is 2.20. The van der Waals surface area contributed by atoms with Crippen LogP contribution < -0.4 is 5.32 Å². The molecule has 24 heavy (non-hydrogen) atoms. The van der Waals surface area contributed by atoms with Crippen LogP contribution in [0.15, 0.2) is 54.9 Å². The van der Waals surface area contributed by atoms with Crippen molar-refractivity contribution in [2.24, 2.45) is 0 Å². The molecule has 0 atom stereocenters. The number of hydrogen-bond acceptors (Lipinski definition) is 4. The zero-order valence-electron chi connectivity index (χ0n) is 12.9. The molecular formula is C18H15N5O. The van der Waals surface area contributed by atoms with Crippen molar-refractivity contribution in [2.75, 3.05) is 5.32 Å². The van der Waals surface area contributed by atoms with E-state index < -0.39 is 0 Å². The molecule has 0 aliphatic heterocycles. The average molecular weight is 317 g/mol. The van der Waals surface area contributed by atoms with Gasteiger partial charge >= 0.3 is 0 Å². The minimum Gasteiger partial charge on any atom is -0.341 e. The van der Waals surface area contributed by atoms with Gasteiger partial charge in [-0.05, 0) is 24.3 Å². The number of pyridine rings is 2. The molecule has 0 radical (unpaired) electrons. The second-order valence-corrected chi connectivity index (χ2v) is 5.49. The van der Waals surface area contributed by atoms with Crippen LogP contribution in [0.1, 0.15) is 12.2 Å². The summed E-state index contributed by atoms with van der Waals surface area (Å²) in [5.74, 6) is 0.691. The van der Waals surface area contributed by atoms with Crippen LogP contribution >= 0.6 is 0 Å². The fraction of sp³-hybridized carbons (Fsp3) is 0.111. The van der Waals surface area contributed by atoms with Gasteiger partial charge in [0.25, 0.3) is 0 Å². The number of para-hydroxylation sites is 1. The predicted molar refractivity (Wildman–Crippen MR) is 92.6 cm³/mol. The van der Waals surface area contributed by atoms with Crippen LogP contribution in [0.25, 0.3) is 22.1 Å². The molecule has 2 N–H and O–H groups in total. The number of fused-ring (bicyclic) bond motifs is 2. The van der Waals surface area contributed by atoms with Crippen LogP contribution in [-0.4, -0.2) is 25.8 Å². The summed E-state index contributed by atoms with van der Waals surface area (Å²) in [6, 6.07) is 13.4. The Labute approximate surface area is 138 Å². The SMILES string of the molecule is O=C(CCc1nc2ncccc2[nH]1)Nc1cccc2cccnc12. The third kappa shape index (κ3) is 2.81. The first-order valence-electron chi connectivity index (χ1n) is 7.73. The minimum absolute atomic E-state index is 0.0680. The van der Waals surface area contributed by atoms with Crippen molar-refractivity contribution in [1.29, 1.82) is 0 Å². The van der Waals surface area contributed by atoms with Gasteiger partial charge in [-0.2, -0.15) is 0 Å². The van der Waals surface area contributed by atoms with E-state index in [0.717, 1.165) is 27.9 Å². The van der Waals surface area contributed by atoms with E-state index in [9.17, 15) is 4.79 Å². The number of nitrogens with one attached hydrogen (secondary N) is 2. The summed E-state index contributed by atoms with van der Waals surface area (Å²) in [4.78, 5) is 28.3. The number of benzene rings is 1. The molecule has 4 rings (SSSR count). The lowest BCUT2D eigenvalue weighted by atomic mass is 10.2. The molecule has 0 unspecified atom stereocenters. The van der Waals surface area contributed by atoms with Crippen LogP contribution in [-0.2, 0) is 11.2 Å². The zero-order valence-corrected chi connectivity index (χ0v) is 12.9. The van der Waals surface area contributed by atoms with Crippen molar-refractivity contribution >= 4 is 33.7 Å². The molecule has 0 aliphatic carbocycles. The number of aryl methyl sites for hydroxylation is 1. The second-order valence-electron chi connectivity index (χ2n) is 5.49. The number of aromatic amines is 1. The van der Waals surface area contributed by atoms with Gasteiger partial charge in [-0.15, -0.1) is 0 Å². The summed E-state index contributed by atoms with van der Waals surface area (Å²) < 4.78 is 0. The van der Waals surface area contributed by atoms with E-state index in [1.165, 1.54) is 0 Å². The van der Waals surface area contributed by atoms with E-state index in [0.29, 0.717) is 18.5 Å². The number of anilines is 1. The summed E-state index contributed by atoms with van der Waals surface area (Å²) in [7, 11) is 0. The Morgan fingerprint density at radius 1 is 1.04 bits per heavy atom. The zero-order chi connectivity index (χ0) is 16.4. The highest BCUT2D eigenvalue weighted by atomic mass is 16.1. The maximum atomic E-state index is 12.2. The van der Waals surface area contributed by atoms with Crippen molar-refractivity contribution in [3.63, 3.8) is 0 Å². The summed E-state index contributed by atoms with van der Waals surface area (Å²) in [6.45, 7) is 0. The number of hydrogen-bond donors (Lipinski definition) is 2. The van der Waals surface area contributed by atoms with Gasteiger partial charge < -0.3 is 10.3 Å². The van der Waals surface area contributed by atoms with Gasteiger partial charge in [0.15, 0.2) is 5.65 Å². The number of carbonyl (C=O) groups excluding carboxylic acids is 1.